The van der Waals surface area contributed by atoms with Crippen molar-refractivity contribution < 1.29 is 13.6 Å². The van der Waals surface area contributed by atoms with E-state index >= 15 is 0 Å². The van der Waals surface area contributed by atoms with Crippen LogP contribution in [0.1, 0.15) is 18.7 Å². The van der Waals surface area contributed by atoms with Crippen LogP contribution in [0.2, 0.25) is 0 Å². The molecule has 0 saturated carbocycles. The monoisotopic (exact) mass is 232 g/mol. The van der Waals surface area contributed by atoms with E-state index in [1.165, 1.54) is 0 Å². The predicted molar refractivity (Wildman–Crippen MR) is 61.8 cm³/mol. The Hall–Kier alpha value is -2.17. The van der Waals surface area contributed by atoms with Crippen LogP contribution in [0.5, 0.6) is 0 Å². The zero-order valence-electron chi connectivity index (χ0n) is 9.34. The van der Waals surface area contributed by atoms with Crippen LogP contribution in [0.3, 0.4) is 0 Å². The molecule has 0 aliphatic carbocycles. The van der Waals surface area contributed by atoms with E-state index in [1.54, 1.807) is 30.6 Å². The number of carbonyl (C=O) groups is 1. The Kier molecular flexibility index (Phi) is 2.18. The lowest BCUT2D eigenvalue weighted by molar-refractivity contribution is -0.116. The van der Waals surface area contributed by atoms with E-state index in [1.807, 2.05) is 12.1 Å². The molecule has 17 heavy (non-hydrogen) atoms. The molecule has 3 rings (SSSR count). The molecule has 1 N–H and O–H groups in total. The molecular weight excluding hydrogens is 220 g/mol. The molecule has 1 atom stereocenters. The predicted octanol–water partition coefficient (Wildman–Crippen LogP) is 2.39. The number of nitrogens with one attached hydrogen (secondary N) is 1. The van der Waals surface area contributed by atoms with Gasteiger partial charge >= 0.3 is 0 Å². The Labute approximate surface area is 98.0 Å². The lowest BCUT2D eigenvalue weighted by Gasteiger charge is -2.31. The molecule has 5 nitrogen and oxygen atoms in total. The summed E-state index contributed by atoms with van der Waals surface area (Å²) in [4.78, 5) is 13.3. The maximum Gasteiger partial charge on any atom is 0.224 e. The van der Waals surface area contributed by atoms with Crippen molar-refractivity contribution in [3.8, 4) is 0 Å². The number of hydrogen-bond donors (Lipinski definition) is 1. The van der Waals surface area contributed by atoms with Crippen molar-refractivity contribution in [2.45, 2.75) is 13.0 Å². The van der Waals surface area contributed by atoms with Crippen molar-refractivity contribution in [2.75, 3.05) is 16.8 Å². The maximum atomic E-state index is 11.6. The number of amides is 1. The molecule has 88 valence electrons. The number of anilines is 2. The lowest BCUT2D eigenvalue weighted by Crippen LogP contribution is -2.38. The summed E-state index contributed by atoms with van der Waals surface area (Å²) in [7, 11) is 0. The SMILES string of the molecule is CC(=O)N1CC(c2ccco2)Nc2cocc21. The third-order valence-electron chi connectivity index (χ3n) is 2.89. The van der Waals surface area contributed by atoms with Crippen LogP contribution in [-0.2, 0) is 4.79 Å². The van der Waals surface area contributed by atoms with Gasteiger partial charge in [0, 0.05) is 6.92 Å². The van der Waals surface area contributed by atoms with Crippen molar-refractivity contribution in [2.24, 2.45) is 0 Å². The number of fused-ring (bicyclic) bond motifs is 1. The zero-order valence-corrected chi connectivity index (χ0v) is 9.34. The normalized spacial score (nSPS) is 18.6. The Morgan fingerprint density at radius 2 is 2.41 bits per heavy atom. The summed E-state index contributed by atoms with van der Waals surface area (Å²) in [6.45, 7) is 2.08. The minimum absolute atomic E-state index is 0.00861. The second-order valence-electron chi connectivity index (χ2n) is 4.01. The molecule has 0 saturated heterocycles. The first-order valence-corrected chi connectivity index (χ1v) is 5.40. The van der Waals surface area contributed by atoms with Crippen LogP contribution in [0.4, 0.5) is 11.4 Å². The number of carbonyl (C=O) groups excluding carboxylic acids is 1. The fourth-order valence-electron chi connectivity index (χ4n) is 2.07. The Balaban J connectivity index is 1.97. The van der Waals surface area contributed by atoms with Gasteiger partial charge in [0.1, 0.15) is 30.0 Å². The second kappa shape index (κ2) is 3.69. The summed E-state index contributed by atoms with van der Waals surface area (Å²) >= 11 is 0. The van der Waals surface area contributed by atoms with Crippen molar-refractivity contribution in [3.05, 3.63) is 36.7 Å². The average Bonchev–Trinajstić information content (AvgIpc) is 2.98. The molecule has 0 aromatic carbocycles. The molecule has 2 aromatic rings. The Morgan fingerprint density at radius 3 is 3.12 bits per heavy atom. The third kappa shape index (κ3) is 1.60. The van der Waals surface area contributed by atoms with Crippen molar-refractivity contribution in [1.29, 1.82) is 0 Å². The van der Waals surface area contributed by atoms with E-state index in [-0.39, 0.29) is 11.9 Å². The molecule has 0 fully saturated rings. The van der Waals surface area contributed by atoms with Crippen LogP contribution in [0.25, 0.3) is 0 Å². The van der Waals surface area contributed by atoms with Gasteiger partial charge in [0.05, 0.1) is 18.5 Å². The van der Waals surface area contributed by atoms with Gasteiger partial charge in [-0.05, 0) is 12.1 Å². The summed E-state index contributed by atoms with van der Waals surface area (Å²) in [6.07, 6.45) is 4.79. The minimum atomic E-state index is -0.0426. The number of furan rings is 2. The van der Waals surface area contributed by atoms with Crippen molar-refractivity contribution in [1.82, 2.24) is 0 Å². The van der Waals surface area contributed by atoms with Gasteiger partial charge < -0.3 is 19.1 Å². The van der Waals surface area contributed by atoms with Crippen LogP contribution < -0.4 is 10.2 Å². The summed E-state index contributed by atoms with van der Waals surface area (Å²) in [5, 5.41) is 3.28. The molecular formula is C12H12N2O3. The molecule has 2 aromatic heterocycles. The number of rotatable bonds is 1. The smallest absolute Gasteiger partial charge is 0.224 e. The quantitative estimate of drug-likeness (QED) is 0.820. The van der Waals surface area contributed by atoms with Crippen LogP contribution >= 0.6 is 0 Å². The van der Waals surface area contributed by atoms with Gasteiger partial charge in [-0.15, -0.1) is 0 Å². The Bertz CT molecular complexity index is 530. The van der Waals surface area contributed by atoms with E-state index in [9.17, 15) is 4.79 Å². The van der Waals surface area contributed by atoms with Gasteiger partial charge in [0.2, 0.25) is 5.91 Å². The van der Waals surface area contributed by atoms with Gasteiger partial charge in [-0.2, -0.15) is 0 Å². The maximum absolute atomic E-state index is 11.6. The largest absolute Gasteiger partial charge is 0.468 e. The minimum Gasteiger partial charge on any atom is -0.468 e. The molecule has 1 unspecified atom stereocenters. The first-order chi connectivity index (χ1) is 8.25. The molecule has 1 amide bonds. The summed E-state index contributed by atoms with van der Waals surface area (Å²) < 4.78 is 10.5. The van der Waals surface area contributed by atoms with Crippen molar-refractivity contribution in [3.63, 3.8) is 0 Å². The highest BCUT2D eigenvalue weighted by atomic mass is 16.3. The van der Waals surface area contributed by atoms with Crippen molar-refractivity contribution >= 4 is 17.3 Å². The van der Waals surface area contributed by atoms with Gasteiger partial charge in [-0.3, -0.25) is 4.79 Å². The summed E-state index contributed by atoms with van der Waals surface area (Å²) in [5.74, 6) is 0.800. The summed E-state index contributed by atoms with van der Waals surface area (Å²) in [6, 6.07) is 3.68. The molecule has 0 radical (unpaired) electrons. The third-order valence-corrected chi connectivity index (χ3v) is 2.89. The molecule has 0 spiro atoms. The lowest BCUT2D eigenvalue weighted by atomic mass is 10.1. The van der Waals surface area contributed by atoms with Crippen LogP contribution in [0, 0.1) is 0 Å². The molecule has 1 aliphatic rings. The van der Waals surface area contributed by atoms with E-state index in [0.717, 1.165) is 17.1 Å². The van der Waals surface area contributed by atoms with E-state index < -0.39 is 0 Å². The first-order valence-electron chi connectivity index (χ1n) is 5.40. The average molecular weight is 232 g/mol. The highest BCUT2D eigenvalue weighted by Gasteiger charge is 2.29. The van der Waals surface area contributed by atoms with E-state index in [4.69, 9.17) is 8.83 Å². The van der Waals surface area contributed by atoms with Crippen LogP contribution in [-0.4, -0.2) is 12.5 Å². The molecule has 3 heterocycles. The van der Waals surface area contributed by atoms with Gasteiger partial charge in [0.25, 0.3) is 0 Å². The first kappa shape index (κ1) is 10.0. The highest BCUT2D eigenvalue weighted by Crippen LogP contribution is 2.36. The summed E-state index contributed by atoms with van der Waals surface area (Å²) in [5.41, 5.74) is 1.59. The van der Waals surface area contributed by atoms with Gasteiger partial charge in [0.15, 0.2) is 0 Å². The van der Waals surface area contributed by atoms with Gasteiger partial charge in [-0.1, -0.05) is 0 Å². The number of nitrogens with zero attached hydrogens (tertiary/aromatic N) is 1. The van der Waals surface area contributed by atoms with E-state index in [2.05, 4.69) is 5.32 Å². The fourth-order valence-corrected chi connectivity index (χ4v) is 2.07. The topological polar surface area (TPSA) is 58.6 Å². The second-order valence-corrected chi connectivity index (χ2v) is 4.01. The zero-order chi connectivity index (χ0) is 11.8. The molecule has 0 bridgehead atoms. The number of hydrogen-bond acceptors (Lipinski definition) is 4. The van der Waals surface area contributed by atoms with Gasteiger partial charge in [-0.25, -0.2) is 0 Å². The fraction of sp³-hybridized carbons (Fsp3) is 0.250. The Morgan fingerprint density at radius 1 is 1.53 bits per heavy atom. The molecule has 1 aliphatic heterocycles. The van der Waals surface area contributed by atoms with Crippen LogP contribution in [0.15, 0.2) is 39.8 Å². The standard InChI is InChI=1S/C12H12N2O3/c1-8(15)14-5-9(12-3-2-4-17-12)13-10-6-16-7-11(10)14/h2-4,6-7,9,13H,5H2,1H3. The molecule has 5 heteroatoms. The van der Waals surface area contributed by atoms with E-state index in [0.29, 0.717) is 6.54 Å². The highest BCUT2D eigenvalue weighted by molar-refractivity contribution is 5.96.